The van der Waals surface area contributed by atoms with E-state index in [-0.39, 0.29) is 17.0 Å². The van der Waals surface area contributed by atoms with Crippen molar-refractivity contribution in [3.05, 3.63) is 57.3 Å². The lowest BCUT2D eigenvalue weighted by Gasteiger charge is -2.09. The number of nitrogens with two attached hydrogens (primary N) is 1. The van der Waals surface area contributed by atoms with E-state index in [9.17, 15) is 9.18 Å². The van der Waals surface area contributed by atoms with E-state index in [1.54, 1.807) is 25.1 Å². The van der Waals surface area contributed by atoms with Gasteiger partial charge in [-0.3, -0.25) is 4.79 Å². The highest BCUT2D eigenvalue weighted by Gasteiger charge is 2.14. The van der Waals surface area contributed by atoms with Crippen LogP contribution in [0.1, 0.15) is 28.4 Å². The average Bonchev–Trinajstić information content (AvgIpc) is 2.45. The van der Waals surface area contributed by atoms with Crippen LogP contribution in [0, 0.1) is 12.7 Å². The van der Waals surface area contributed by atoms with Crippen LogP contribution in [-0.2, 0) is 0 Å². The monoisotopic (exact) mass is 351 g/mol. The molecule has 2 N–H and O–H groups in total. The van der Waals surface area contributed by atoms with Crippen LogP contribution in [0.3, 0.4) is 0 Å². The van der Waals surface area contributed by atoms with Gasteiger partial charge in [-0.1, -0.05) is 0 Å². The molecule has 2 aromatic carbocycles. The smallest absolute Gasteiger partial charge is 0.193 e. The summed E-state index contributed by atoms with van der Waals surface area (Å²) in [5, 5.41) is 0. The summed E-state index contributed by atoms with van der Waals surface area (Å²) >= 11 is 3.35. The van der Waals surface area contributed by atoms with Gasteiger partial charge in [-0.2, -0.15) is 0 Å². The standard InChI is InChI=1S/C16H15BrFNO2/c1-3-21-15-5-4-10(6-12(15)17)16(20)11-7-13(18)9(2)14(19)8-11/h4-8H,3,19H2,1-2H3. The van der Waals surface area contributed by atoms with Crippen LogP contribution >= 0.6 is 15.9 Å². The van der Waals surface area contributed by atoms with Crippen LogP contribution < -0.4 is 10.5 Å². The Morgan fingerprint density at radius 1 is 1.29 bits per heavy atom. The third kappa shape index (κ3) is 3.24. The van der Waals surface area contributed by atoms with E-state index in [4.69, 9.17) is 10.5 Å². The van der Waals surface area contributed by atoms with Crippen molar-refractivity contribution in [1.82, 2.24) is 0 Å². The molecular weight excluding hydrogens is 337 g/mol. The van der Waals surface area contributed by atoms with Crippen LogP contribution in [0.5, 0.6) is 5.75 Å². The molecule has 21 heavy (non-hydrogen) atoms. The lowest BCUT2D eigenvalue weighted by atomic mass is 10.0. The quantitative estimate of drug-likeness (QED) is 0.666. The van der Waals surface area contributed by atoms with Gasteiger partial charge in [0, 0.05) is 22.4 Å². The zero-order valence-electron chi connectivity index (χ0n) is 11.7. The van der Waals surface area contributed by atoms with Crippen LogP contribution in [0.4, 0.5) is 10.1 Å². The highest BCUT2D eigenvalue weighted by Crippen LogP contribution is 2.28. The first-order valence-electron chi connectivity index (χ1n) is 6.46. The maximum Gasteiger partial charge on any atom is 0.193 e. The average molecular weight is 352 g/mol. The molecule has 0 radical (unpaired) electrons. The van der Waals surface area contributed by atoms with Gasteiger partial charge in [0.2, 0.25) is 0 Å². The molecule has 2 rings (SSSR count). The second kappa shape index (κ2) is 6.26. The molecule has 0 heterocycles. The highest BCUT2D eigenvalue weighted by molar-refractivity contribution is 9.10. The molecule has 0 unspecified atom stereocenters. The number of carbonyl (C=O) groups is 1. The molecule has 0 amide bonds. The van der Waals surface area contributed by atoms with Crippen molar-refractivity contribution in [2.24, 2.45) is 0 Å². The summed E-state index contributed by atoms with van der Waals surface area (Å²) in [5.41, 5.74) is 6.99. The Morgan fingerprint density at radius 3 is 2.57 bits per heavy atom. The summed E-state index contributed by atoms with van der Waals surface area (Å²) in [5.74, 6) is -0.114. The van der Waals surface area contributed by atoms with Gasteiger partial charge in [0.1, 0.15) is 11.6 Å². The van der Waals surface area contributed by atoms with Gasteiger partial charge < -0.3 is 10.5 Å². The van der Waals surface area contributed by atoms with E-state index in [1.165, 1.54) is 12.1 Å². The second-order valence-electron chi connectivity index (χ2n) is 4.58. The summed E-state index contributed by atoms with van der Waals surface area (Å²) in [7, 11) is 0. The Labute approximate surface area is 131 Å². The minimum absolute atomic E-state index is 0.228. The molecule has 0 aliphatic rings. The molecule has 5 heteroatoms. The van der Waals surface area contributed by atoms with Gasteiger partial charge in [-0.15, -0.1) is 0 Å². The number of hydrogen-bond donors (Lipinski definition) is 1. The molecule has 110 valence electrons. The molecule has 0 atom stereocenters. The first-order chi connectivity index (χ1) is 9.93. The lowest BCUT2D eigenvalue weighted by Crippen LogP contribution is -2.05. The van der Waals surface area contributed by atoms with Gasteiger partial charge in [-0.05, 0) is 60.1 Å². The maximum absolute atomic E-state index is 13.7. The first-order valence-corrected chi connectivity index (χ1v) is 7.26. The Kier molecular flexibility index (Phi) is 4.63. The summed E-state index contributed by atoms with van der Waals surface area (Å²) in [4.78, 5) is 12.4. The maximum atomic E-state index is 13.7. The molecule has 3 nitrogen and oxygen atoms in total. The predicted molar refractivity (Wildman–Crippen MR) is 84.3 cm³/mol. The topological polar surface area (TPSA) is 52.3 Å². The van der Waals surface area contributed by atoms with E-state index >= 15 is 0 Å². The minimum atomic E-state index is -0.483. The molecule has 0 fully saturated rings. The molecule has 0 spiro atoms. The molecule has 0 saturated carbocycles. The van der Waals surface area contributed by atoms with Crippen molar-refractivity contribution in [2.45, 2.75) is 13.8 Å². The summed E-state index contributed by atoms with van der Waals surface area (Å²) < 4.78 is 19.8. The number of rotatable bonds is 4. The Balaban J connectivity index is 2.38. The minimum Gasteiger partial charge on any atom is -0.493 e. The number of ether oxygens (including phenoxy) is 1. The molecule has 0 aromatic heterocycles. The number of halogens is 2. The number of ketones is 1. The Hall–Kier alpha value is -1.88. The van der Waals surface area contributed by atoms with Crippen molar-refractivity contribution in [2.75, 3.05) is 12.3 Å². The van der Waals surface area contributed by atoms with Gasteiger partial charge in [-0.25, -0.2) is 4.39 Å². The van der Waals surface area contributed by atoms with Gasteiger partial charge in [0.15, 0.2) is 5.78 Å². The largest absolute Gasteiger partial charge is 0.493 e. The zero-order chi connectivity index (χ0) is 15.6. The molecule has 0 aliphatic heterocycles. The Morgan fingerprint density at radius 2 is 2.00 bits per heavy atom. The molecule has 2 aromatic rings. The number of carbonyl (C=O) groups excluding carboxylic acids is 1. The van der Waals surface area contributed by atoms with E-state index in [0.29, 0.717) is 28.0 Å². The van der Waals surface area contributed by atoms with Gasteiger partial charge in [0.05, 0.1) is 11.1 Å². The van der Waals surface area contributed by atoms with E-state index in [2.05, 4.69) is 15.9 Å². The summed E-state index contributed by atoms with van der Waals surface area (Å²) in [6.45, 7) is 3.99. The highest BCUT2D eigenvalue weighted by atomic mass is 79.9. The zero-order valence-corrected chi connectivity index (χ0v) is 13.3. The Bertz CT molecular complexity index is 678. The fourth-order valence-electron chi connectivity index (χ4n) is 1.91. The first kappa shape index (κ1) is 15.5. The second-order valence-corrected chi connectivity index (χ2v) is 5.43. The number of hydrogen-bond acceptors (Lipinski definition) is 3. The molecule has 0 saturated heterocycles. The fraction of sp³-hybridized carbons (Fsp3) is 0.188. The van der Waals surface area contributed by atoms with E-state index in [1.807, 2.05) is 6.92 Å². The van der Waals surface area contributed by atoms with Gasteiger partial charge >= 0.3 is 0 Å². The summed E-state index contributed by atoms with van der Waals surface area (Å²) in [6.07, 6.45) is 0. The third-order valence-electron chi connectivity index (χ3n) is 3.14. The van der Waals surface area contributed by atoms with Gasteiger partial charge in [0.25, 0.3) is 0 Å². The van der Waals surface area contributed by atoms with Crippen LogP contribution in [0.25, 0.3) is 0 Å². The van der Waals surface area contributed by atoms with Crippen molar-refractivity contribution >= 4 is 27.4 Å². The predicted octanol–water partition coefficient (Wildman–Crippen LogP) is 4.11. The number of nitrogen functional groups attached to an aromatic ring is 1. The van der Waals surface area contributed by atoms with Crippen LogP contribution in [0.2, 0.25) is 0 Å². The lowest BCUT2D eigenvalue weighted by molar-refractivity contribution is 0.103. The SMILES string of the molecule is CCOc1ccc(C(=O)c2cc(N)c(C)c(F)c2)cc1Br. The normalized spacial score (nSPS) is 10.5. The summed E-state index contributed by atoms with van der Waals surface area (Å²) in [6, 6.07) is 7.70. The van der Waals surface area contributed by atoms with Crippen molar-refractivity contribution in [3.63, 3.8) is 0 Å². The fourth-order valence-corrected chi connectivity index (χ4v) is 2.41. The molecule has 0 bridgehead atoms. The number of benzene rings is 2. The van der Waals surface area contributed by atoms with Crippen molar-refractivity contribution in [1.29, 1.82) is 0 Å². The van der Waals surface area contributed by atoms with E-state index < -0.39 is 5.82 Å². The third-order valence-corrected chi connectivity index (χ3v) is 3.76. The van der Waals surface area contributed by atoms with E-state index in [0.717, 1.165) is 0 Å². The van der Waals surface area contributed by atoms with Crippen molar-refractivity contribution in [3.8, 4) is 5.75 Å². The molecular formula is C16H15BrFNO2. The molecule has 0 aliphatic carbocycles. The van der Waals surface area contributed by atoms with Crippen molar-refractivity contribution < 1.29 is 13.9 Å². The van der Waals surface area contributed by atoms with Crippen LogP contribution in [0.15, 0.2) is 34.8 Å². The van der Waals surface area contributed by atoms with Crippen LogP contribution in [-0.4, -0.2) is 12.4 Å². The number of anilines is 1.